The van der Waals surface area contributed by atoms with Gasteiger partial charge >= 0.3 is 0 Å². The van der Waals surface area contributed by atoms with Crippen molar-refractivity contribution in [3.63, 3.8) is 0 Å². The summed E-state index contributed by atoms with van der Waals surface area (Å²) in [6, 6.07) is 12.9. The van der Waals surface area contributed by atoms with E-state index in [2.05, 4.69) is 29.1 Å². The van der Waals surface area contributed by atoms with Crippen LogP contribution < -0.4 is 10.1 Å². The second-order valence-corrected chi connectivity index (χ2v) is 14.9. The van der Waals surface area contributed by atoms with E-state index in [4.69, 9.17) is 26.4 Å². The molecule has 49 heavy (non-hydrogen) atoms. The lowest BCUT2D eigenvalue weighted by Gasteiger charge is -2.26. The van der Waals surface area contributed by atoms with Crippen molar-refractivity contribution in [2.45, 2.75) is 77.8 Å². The molecule has 1 unspecified atom stereocenters. The van der Waals surface area contributed by atoms with Crippen molar-refractivity contribution in [2.24, 2.45) is 7.05 Å². The van der Waals surface area contributed by atoms with Gasteiger partial charge in [0.2, 0.25) is 0 Å². The molecular weight excluding hydrogens is 661 g/mol. The van der Waals surface area contributed by atoms with E-state index in [0.717, 1.165) is 104 Å². The summed E-state index contributed by atoms with van der Waals surface area (Å²) >= 11 is 8.83. The van der Waals surface area contributed by atoms with Gasteiger partial charge in [0.05, 0.1) is 46.0 Å². The Kier molecular flexibility index (Phi) is 8.48. The van der Waals surface area contributed by atoms with Gasteiger partial charge in [0, 0.05) is 46.9 Å². The fraction of sp³-hybridized carbons (Fsp3) is 0.368. The van der Waals surface area contributed by atoms with E-state index in [9.17, 15) is 14.6 Å². The van der Waals surface area contributed by atoms with Gasteiger partial charge in [-0.2, -0.15) is 5.10 Å². The lowest BCUT2D eigenvalue weighted by molar-refractivity contribution is -0.0481. The van der Waals surface area contributed by atoms with Crippen LogP contribution in [0.4, 0.5) is 4.39 Å². The molecule has 0 aliphatic carbocycles. The van der Waals surface area contributed by atoms with Crippen molar-refractivity contribution in [2.75, 3.05) is 6.61 Å². The van der Waals surface area contributed by atoms with Crippen molar-refractivity contribution in [3.05, 3.63) is 97.1 Å². The second kappa shape index (κ2) is 12.8. The summed E-state index contributed by atoms with van der Waals surface area (Å²) in [7, 11) is 1.87. The molecular formula is C38H39ClFN5O3S. The highest BCUT2D eigenvalue weighted by molar-refractivity contribution is 7.11. The van der Waals surface area contributed by atoms with Gasteiger partial charge in [-0.3, -0.25) is 4.68 Å². The number of aliphatic hydroxyl groups is 2. The number of rotatable bonds is 1. The number of nitrogens with zero attached hydrogens (tertiary/aromatic N) is 4. The Bertz CT molecular complexity index is 2240. The number of aryl methyl sites for hydroxylation is 7. The molecule has 0 amide bonds. The lowest BCUT2D eigenvalue weighted by atomic mass is 9.93. The molecule has 8 nitrogen and oxygen atoms in total. The Morgan fingerprint density at radius 2 is 1.86 bits per heavy atom. The van der Waals surface area contributed by atoms with Crippen LogP contribution in [0.15, 0.2) is 42.5 Å². The van der Waals surface area contributed by atoms with Crippen LogP contribution in [-0.4, -0.2) is 36.2 Å². The van der Waals surface area contributed by atoms with Crippen molar-refractivity contribution < 1.29 is 19.3 Å². The zero-order valence-corrected chi connectivity index (χ0v) is 29.4. The number of nitrogens with one attached hydrogen (secondary N) is 1. The first-order chi connectivity index (χ1) is 23.7. The minimum Gasteiger partial charge on any atom is -0.493 e. The quantitative estimate of drug-likeness (QED) is 0.152. The molecule has 6 aromatic rings. The first kappa shape index (κ1) is 32.4. The van der Waals surface area contributed by atoms with Gasteiger partial charge in [-0.05, 0) is 99.2 Å². The normalized spacial score (nSPS) is 17.0. The van der Waals surface area contributed by atoms with Crippen LogP contribution in [0.25, 0.3) is 32.8 Å². The summed E-state index contributed by atoms with van der Waals surface area (Å²) in [6.45, 7) is 5.95. The minimum atomic E-state index is -1.68. The van der Waals surface area contributed by atoms with E-state index in [0.29, 0.717) is 36.7 Å². The molecule has 8 bridgehead atoms. The minimum absolute atomic E-state index is 0.0363. The summed E-state index contributed by atoms with van der Waals surface area (Å²) in [5.74, 6) is 0.437. The van der Waals surface area contributed by atoms with Crippen LogP contribution in [0.1, 0.15) is 75.4 Å². The zero-order valence-electron chi connectivity index (χ0n) is 27.8. The highest BCUT2D eigenvalue weighted by atomic mass is 35.5. The molecule has 8 rings (SSSR count). The fourth-order valence-corrected chi connectivity index (χ4v) is 9.25. The summed E-state index contributed by atoms with van der Waals surface area (Å²) < 4.78 is 24.8. The number of aliphatic hydroxyl groups excluding tert-OH is 1. The number of fused-ring (bicyclic) bond motifs is 7. The van der Waals surface area contributed by atoms with Gasteiger partial charge in [-0.1, -0.05) is 23.7 Å². The number of ether oxygens (including phenoxy) is 1. The molecule has 0 fully saturated rings. The first-order valence-electron chi connectivity index (χ1n) is 16.9. The highest BCUT2D eigenvalue weighted by Gasteiger charge is 2.32. The molecule has 0 saturated heterocycles. The van der Waals surface area contributed by atoms with Crippen molar-refractivity contribution >= 4 is 44.6 Å². The summed E-state index contributed by atoms with van der Waals surface area (Å²) in [6.07, 6.45) is 3.06. The smallest absolute Gasteiger partial charge is 0.194 e. The van der Waals surface area contributed by atoms with E-state index in [1.54, 1.807) is 23.5 Å². The average molecular weight is 700 g/mol. The topological polar surface area (TPSA) is 97.4 Å². The number of hydrogen-bond donors (Lipinski definition) is 3. The maximum absolute atomic E-state index is 14.4. The molecule has 2 aliphatic rings. The molecule has 2 aliphatic heterocycles. The standard InChI is InChI=1S/C38H39ClFN5O3S/c1-20-31-13-8-22-16-23-18-24(40)9-10-25(23)30(17-22)48-15-5-6-26-27-11-12-28(39)34(35(27)44(3)36(26)38(46)47)33-21(2)43-45-14-4-7-29(37(33)45)41-19-32(42-20)49-31/h9-12,16-18,29,38,41,46-47H,4-8,13-15,19H2,1-3H3. The third-order valence-electron chi connectivity index (χ3n) is 10.2. The van der Waals surface area contributed by atoms with E-state index >= 15 is 0 Å². The van der Waals surface area contributed by atoms with E-state index in [1.165, 1.54) is 10.9 Å². The van der Waals surface area contributed by atoms with Crippen LogP contribution in [0, 0.1) is 19.7 Å². The van der Waals surface area contributed by atoms with E-state index < -0.39 is 6.29 Å². The van der Waals surface area contributed by atoms with Gasteiger partial charge in [0.15, 0.2) is 6.29 Å². The fourth-order valence-electron chi connectivity index (χ4n) is 7.99. The monoisotopic (exact) mass is 699 g/mol. The Balaban J connectivity index is 1.28. The predicted molar refractivity (Wildman–Crippen MR) is 192 cm³/mol. The van der Waals surface area contributed by atoms with E-state index in [1.807, 2.05) is 30.7 Å². The van der Waals surface area contributed by atoms with Crippen LogP contribution in [0.2, 0.25) is 5.02 Å². The second-order valence-electron chi connectivity index (χ2n) is 13.3. The number of benzene rings is 3. The largest absolute Gasteiger partial charge is 0.493 e. The van der Waals surface area contributed by atoms with Gasteiger partial charge in [0.1, 0.15) is 16.6 Å². The van der Waals surface area contributed by atoms with Crippen LogP contribution >= 0.6 is 22.9 Å². The van der Waals surface area contributed by atoms with Crippen molar-refractivity contribution in [1.29, 1.82) is 0 Å². The number of aromatic nitrogens is 4. The Morgan fingerprint density at radius 1 is 1.02 bits per heavy atom. The summed E-state index contributed by atoms with van der Waals surface area (Å²) in [5.41, 5.74) is 8.09. The van der Waals surface area contributed by atoms with Gasteiger partial charge in [-0.15, -0.1) is 11.3 Å². The highest BCUT2D eigenvalue weighted by Crippen LogP contribution is 2.45. The summed E-state index contributed by atoms with van der Waals surface area (Å²) in [5, 5.41) is 34.4. The average Bonchev–Trinajstić information content (AvgIpc) is 3.70. The Morgan fingerprint density at radius 3 is 2.69 bits per heavy atom. The van der Waals surface area contributed by atoms with Gasteiger partial charge < -0.3 is 24.8 Å². The maximum atomic E-state index is 14.4. The first-order valence-corrected chi connectivity index (χ1v) is 18.1. The molecule has 5 heterocycles. The molecule has 0 spiro atoms. The van der Waals surface area contributed by atoms with Crippen LogP contribution in [0.3, 0.4) is 0 Å². The zero-order chi connectivity index (χ0) is 34.0. The molecule has 3 aromatic carbocycles. The Labute approximate surface area is 293 Å². The van der Waals surface area contributed by atoms with Crippen molar-refractivity contribution in [3.8, 4) is 16.9 Å². The van der Waals surface area contributed by atoms with Crippen LogP contribution in [0.5, 0.6) is 5.75 Å². The third-order valence-corrected chi connectivity index (χ3v) is 11.7. The van der Waals surface area contributed by atoms with Gasteiger partial charge in [0.25, 0.3) is 0 Å². The summed E-state index contributed by atoms with van der Waals surface area (Å²) in [4.78, 5) is 6.19. The van der Waals surface area contributed by atoms with Gasteiger partial charge in [-0.25, -0.2) is 9.37 Å². The van der Waals surface area contributed by atoms with E-state index in [-0.39, 0.29) is 11.9 Å². The lowest BCUT2D eigenvalue weighted by Crippen LogP contribution is -2.28. The SMILES string of the molecule is Cc1nc2sc1CCc1cc(c3ccc(F)cc3c1)OCCCc1c(C(O)O)n(C)c3c(c(Cl)ccc13)-c1c(C)nn3c1C(CCC3)NC2. The Hall–Kier alpha value is -3.80. The molecule has 0 radical (unpaired) electrons. The molecule has 11 heteroatoms. The molecule has 1 atom stereocenters. The molecule has 0 saturated carbocycles. The number of hydrogen-bond acceptors (Lipinski definition) is 7. The molecule has 254 valence electrons. The van der Waals surface area contributed by atoms with Crippen LogP contribution in [-0.2, 0) is 39.4 Å². The molecule has 3 N–H and O–H groups in total. The molecule has 3 aromatic heterocycles. The maximum Gasteiger partial charge on any atom is 0.194 e. The predicted octanol–water partition coefficient (Wildman–Crippen LogP) is 7.78. The van der Waals surface area contributed by atoms with Crippen molar-refractivity contribution in [1.82, 2.24) is 24.6 Å². The number of halogens is 2. The number of thiazole rings is 1. The third kappa shape index (κ3) is 5.73.